The summed E-state index contributed by atoms with van der Waals surface area (Å²) >= 11 is 0. The lowest BCUT2D eigenvalue weighted by Gasteiger charge is -2.33. The van der Waals surface area contributed by atoms with E-state index >= 15 is 0 Å². The van der Waals surface area contributed by atoms with Crippen molar-refractivity contribution in [3.8, 4) is 11.5 Å². The summed E-state index contributed by atoms with van der Waals surface area (Å²) in [5, 5.41) is 14.0. The quantitative estimate of drug-likeness (QED) is 0.317. The molecule has 6 rings (SSSR count). The Balaban J connectivity index is 1.52. The van der Waals surface area contributed by atoms with E-state index in [0.717, 1.165) is 56.1 Å². The fourth-order valence-corrected chi connectivity index (χ4v) is 6.08. The van der Waals surface area contributed by atoms with E-state index in [1.807, 2.05) is 35.1 Å². The standard InChI is InChI=1S/C29H35N7O4/c1-38-25-14-20-13-23(29(37)31-24(20)15-26(25)39-2)27(28-32-33-34-36(28)21-8-3-4-9-21)35(18-22-10-6-12-40-22)17-19-7-5-11-30-16-19/h5,7,11,13-16,21-22,27H,3-4,6,8-10,12,17-18H2,1-2H3,(H,31,37)/t22-,27+/m0/s1. The van der Waals surface area contributed by atoms with E-state index in [0.29, 0.717) is 41.5 Å². The number of hydrogen-bond donors (Lipinski definition) is 1. The van der Waals surface area contributed by atoms with Crippen LogP contribution in [-0.2, 0) is 11.3 Å². The van der Waals surface area contributed by atoms with Gasteiger partial charge in [0.25, 0.3) is 5.56 Å². The number of fused-ring (bicyclic) bond motifs is 1. The zero-order valence-corrected chi connectivity index (χ0v) is 23.0. The van der Waals surface area contributed by atoms with Crippen LogP contribution in [0.4, 0.5) is 0 Å². The maximum absolute atomic E-state index is 13.9. The van der Waals surface area contributed by atoms with Gasteiger partial charge in [-0.3, -0.25) is 14.7 Å². The van der Waals surface area contributed by atoms with Crippen LogP contribution in [0.2, 0.25) is 0 Å². The third kappa shape index (κ3) is 5.31. The van der Waals surface area contributed by atoms with E-state index in [1.165, 1.54) is 0 Å². The maximum atomic E-state index is 13.9. The molecule has 11 nitrogen and oxygen atoms in total. The highest BCUT2D eigenvalue weighted by Crippen LogP contribution is 2.36. The Morgan fingerprint density at radius 2 is 1.95 bits per heavy atom. The number of tetrazole rings is 1. The van der Waals surface area contributed by atoms with E-state index < -0.39 is 6.04 Å². The largest absolute Gasteiger partial charge is 0.493 e. The van der Waals surface area contributed by atoms with Crippen molar-refractivity contribution >= 4 is 10.9 Å². The predicted molar refractivity (Wildman–Crippen MR) is 148 cm³/mol. The average Bonchev–Trinajstić information content (AvgIpc) is 3.77. The first-order valence-electron chi connectivity index (χ1n) is 14.0. The Kier molecular flexibility index (Phi) is 7.74. The summed E-state index contributed by atoms with van der Waals surface area (Å²) in [6.07, 6.45) is 9.99. The summed E-state index contributed by atoms with van der Waals surface area (Å²) in [6, 6.07) is 9.28. The summed E-state index contributed by atoms with van der Waals surface area (Å²) in [5.41, 5.74) is 2.07. The van der Waals surface area contributed by atoms with Crippen molar-refractivity contribution in [1.82, 2.24) is 35.1 Å². The van der Waals surface area contributed by atoms with Gasteiger partial charge in [-0.05, 0) is 59.9 Å². The van der Waals surface area contributed by atoms with Crippen molar-refractivity contribution in [1.29, 1.82) is 0 Å². The molecule has 1 aromatic carbocycles. The highest BCUT2D eigenvalue weighted by Gasteiger charge is 2.35. The Hall–Kier alpha value is -3.83. The lowest BCUT2D eigenvalue weighted by Crippen LogP contribution is -2.39. The molecule has 4 aromatic rings. The van der Waals surface area contributed by atoms with Crippen LogP contribution >= 0.6 is 0 Å². The lowest BCUT2D eigenvalue weighted by molar-refractivity contribution is 0.0569. The van der Waals surface area contributed by atoms with Crippen molar-refractivity contribution in [2.45, 2.75) is 63.3 Å². The van der Waals surface area contributed by atoms with Crippen molar-refractivity contribution in [3.05, 3.63) is 70.0 Å². The Morgan fingerprint density at radius 1 is 1.12 bits per heavy atom. The van der Waals surface area contributed by atoms with Gasteiger partial charge in [-0.2, -0.15) is 0 Å². The highest BCUT2D eigenvalue weighted by molar-refractivity contribution is 5.83. The highest BCUT2D eigenvalue weighted by atomic mass is 16.5. The van der Waals surface area contributed by atoms with Crippen molar-refractivity contribution in [2.75, 3.05) is 27.4 Å². The van der Waals surface area contributed by atoms with Gasteiger partial charge in [0.15, 0.2) is 17.3 Å². The Morgan fingerprint density at radius 3 is 2.67 bits per heavy atom. The first kappa shape index (κ1) is 26.4. The molecule has 2 aliphatic rings. The molecule has 3 aromatic heterocycles. The minimum atomic E-state index is -0.513. The van der Waals surface area contributed by atoms with Crippen LogP contribution in [0.1, 0.15) is 67.6 Å². The van der Waals surface area contributed by atoms with E-state index in [1.54, 1.807) is 26.5 Å². The van der Waals surface area contributed by atoms with Crippen LogP contribution < -0.4 is 15.0 Å². The molecule has 0 bridgehead atoms. The second kappa shape index (κ2) is 11.7. The Bertz CT molecular complexity index is 1490. The van der Waals surface area contributed by atoms with Gasteiger partial charge in [-0.15, -0.1) is 5.10 Å². The van der Waals surface area contributed by atoms with Crippen LogP contribution in [0.15, 0.2) is 47.5 Å². The number of pyridine rings is 2. The third-order valence-corrected chi connectivity index (χ3v) is 8.04. The molecule has 40 heavy (non-hydrogen) atoms. The lowest BCUT2D eigenvalue weighted by atomic mass is 10.0. The van der Waals surface area contributed by atoms with Gasteiger partial charge in [0.05, 0.1) is 31.9 Å². The van der Waals surface area contributed by atoms with E-state index in [-0.39, 0.29) is 17.7 Å². The Labute approximate surface area is 232 Å². The van der Waals surface area contributed by atoms with Gasteiger partial charge in [0, 0.05) is 49.1 Å². The molecular weight excluding hydrogens is 510 g/mol. The molecule has 1 N–H and O–H groups in total. The third-order valence-electron chi connectivity index (χ3n) is 8.04. The second-order valence-electron chi connectivity index (χ2n) is 10.6. The van der Waals surface area contributed by atoms with Crippen molar-refractivity contribution in [3.63, 3.8) is 0 Å². The molecular formula is C29H35N7O4. The fourth-order valence-electron chi connectivity index (χ4n) is 6.08. The van der Waals surface area contributed by atoms with E-state index in [2.05, 4.69) is 30.4 Å². The number of aromatic nitrogens is 6. The number of nitrogens with one attached hydrogen (secondary N) is 1. The summed E-state index contributed by atoms with van der Waals surface area (Å²) in [5.74, 6) is 1.81. The van der Waals surface area contributed by atoms with Gasteiger partial charge < -0.3 is 19.2 Å². The predicted octanol–water partition coefficient (Wildman–Crippen LogP) is 3.81. The summed E-state index contributed by atoms with van der Waals surface area (Å²) < 4.78 is 19.1. The molecule has 1 saturated heterocycles. The van der Waals surface area contributed by atoms with Crippen LogP contribution in [0.5, 0.6) is 11.5 Å². The minimum absolute atomic E-state index is 0.0545. The van der Waals surface area contributed by atoms with Crippen LogP contribution in [0, 0.1) is 0 Å². The first-order chi connectivity index (χ1) is 19.6. The molecule has 0 unspecified atom stereocenters. The van der Waals surface area contributed by atoms with Crippen molar-refractivity contribution < 1.29 is 14.2 Å². The van der Waals surface area contributed by atoms with Crippen LogP contribution in [0.3, 0.4) is 0 Å². The van der Waals surface area contributed by atoms with Gasteiger partial charge in [0.2, 0.25) is 0 Å². The smallest absolute Gasteiger partial charge is 0.253 e. The first-order valence-corrected chi connectivity index (χ1v) is 14.0. The van der Waals surface area contributed by atoms with Crippen LogP contribution in [0.25, 0.3) is 10.9 Å². The number of rotatable bonds is 10. The van der Waals surface area contributed by atoms with Gasteiger partial charge in [-0.1, -0.05) is 18.9 Å². The van der Waals surface area contributed by atoms with Gasteiger partial charge in [0.1, 0.15) is 6.04 Å². The van der Waals surface area contributed by atoms with Gasteiger partial charge >= 0.3 is 0 Å². The normalized spacial score (nSPS) is 18.5. The molecule has 1 aliphatic carbocycles. The number of nitrogens with zero attached hydrogens (tertiary/aromatic N) is 6. The topological polar surface area (TPSA) is 120 Å². The zero-order valence-electron chi connectivity index (χ0n) is 23.0. The molecule has 2 atom stereocenters. The SMILES string of the molecule is COc1cc2cc([C@H](c3nnnn3C3CCCC3)N(Cc3cccnc3)C[C@@H]3CCCO3)c(=O)[nH]c2cc1OC. The molecule has 1 aliphatic heterocycles. The number of benzene rings is 1. The van der Waals surface area contributed by atoms with E-state index in [4.69, 9.17) is 14.2 Å². The number of hydrogen-bond acceptors (Lipinski definition) is 9. The minimum Gasteiger partial charge on any atom is -0.493 e. The monoisotopic (exact) mass is 545 g/mol. The summed E-state index contributed by atoms with van der Waals surface area (Å²) in [6.45, 7) is 1.92. The molecule has 2 fully saturated rings. The second-order valence-corrected chi connectivity index (χ2v) is 10.6. The molecule has 1 saturated carbocycles. The number of ether oxygens (including phenoxy) is 3. The molecule has 11 heteroatoms. The van der Waals surface area contributed by atoms with Crippen molar-refractivity contribution in [2.24, 2.45) is 0 Å². The molecule has 0 spiro atoms. The number of aromatic amines is 1. The van der Waals surface area contributed by atoms with E-state index in [9.17, 15) is 4.79 Å². The average molecular weight is 546 g/mol. The summed E-state index contributed by atoms with van der Waals surface area (Å²) in [4.78, 5) is 23.6. The molecule has 4 heterocycles. The molecule has 0 amide bonds. The molecule has 0 radical (unpaired) electrons. The van der Waals surface area contributed by atoms with Gasteiger partial charge in [-0.25, -0.2) is 4.68 Å². The number of H-pyrrole nitrogens is 1. The maximum Gasteiger partial charge on any atom is 0.253 e. The zero-order chi connectivity index (χ0) is 27.5. The van der Waals surface area contributed by atoms with Crippen LogP contribution in [-0.4, -0.2) is 68.6 Å². The summed E-state index contributed by atoms with van der Waals surface area (Å²) in [7, 11) is 3.18. The molecule has 210 valence electrons. The number of methoxy groups -OCH3 is 2. The fraction of sp³-hybridized carbons (Fsp3) is 0.483.